The Kier molecular flexibility index (Phi) is 7.45. The fourth-order valence-electron chi connectivity index (χ4n) is 5.07. The van der Waals surface area contributed by atoms with Crippen LogP contribution >= 0.6 is 0 Å². The highest BCUT2D eigenvalue weighted by atomic mass is 16.5. The lowest BCUT2D eigenvalue weighted by atomic mass is 9.96. The molecule has 1 aromatic carbocycles. The maximum atomic E-state index is 13.5. The van der Waals surface area contributed by atoms with Crippen LogP contribution in [0.1, 0.15) is 60.3 Å². The topological polar surface area (TPSA) is 97.0 Å². The summed E-state index contributed by atoms with van der Waals surface area (Å²) in [4.78, 5) is 37.3. The number of likely N-dealkylation sites (tertiary alicyclic amines) is 1. The minimum absolute atomic E-state index is 0.0104. The van der Waals surface area contributed by atoms with E-state index >= 15 is 0 Å². The van der Waals surface area contributed by atoms with Gasteiger partial charge in [0.25, 0.3) is 11.7 Å². The van der Waals surface area contributed by atoms with Crippen molar-refractivity contribution in [3.63, 3.8) is 0 Å². The number of nitrogens with zero attached hydrogens (tertiary/aromatic N) is 4. The highest BCUT2D eigenvalue weighted by Crippen LogP contribution is 2.41. The van der Waals surface area contributed by atoms with Crippen molar-refractivity contribution in [1.82, 2.24) is 19.3 Å². The molecule has 1 N–H and O–H groups in total. The first kappa shape index (κ1) is 26.2. The molecule has 4 aromatic rings. The lowest BCUT2D eigenvalue weighted by Crippen LogP contribution is -2.29. The Hall–Kier alpha value is -4.46. The number of carbonyl (C=O) groups is 2. The predicted molar refractivity (Wildman–Crippen MR) is 148 cm³/mol. The summed E-state index contributed by atoms with van der Waals surface area (Å²) >= 11 is 0. The van der Waals surface area contributed by atoms with Gasteiger partial charge >= 0.3 is 0 Å². The molecule has 0 radical (unpaired) electrons. The maximum Gasteiger partial charge on any atom is 0.295 e. The Morgan fingerprint density at radius 2 is 1.92 bits per heavy atom. The van der Waals surface area contributed by atoms with Crippen LogP contribution in [0.15, 0.2) is 72.7 Å². The largest absolute Gasteiger partial charge is 0.505 e. The first-order chi connectivity index (χ1) is 18.9. The normalized spacial score (nSPS) is 16.8. The van der Waals surface area contributed by atoms with Gasteiger partial charge in [0.2, 0.25) is 0 Å². The minimum atomic E-state index is -0.824. The van der Waals surface area contributed by atoms with E-state index in [0.717, 1.165) is 30.4 Å². The summed E-state index contributed by atoms with van der Waals surface area (Å²) in [6.45, 7) is 6.64. The number of hydrogen-bond donors (Lipinski definition) is 1. The van der Waals surface area contributed by atoms with Gasteiger partial charge < -0.3 is 19.1 Å². The Labute approximate surface area is 227 Å². The van der Waals surface area contributed by atoms with E-state index in [4.69, 9.17) is 4.74 Å². The Balaban J connectivity index is 1.63. The van der Waals surface area contributed by atoms with Crippen LogP contribution in [0.5, 0.6) is 5.75 Å². The molecule has 0 aliphatic carbocycles. The Morgan fingerprint density at radius 1 is 1.08 bits per heavy atom. The molecule has 200 valence electrons. The number of Topliss-reactive ketones (excluding diaryl/α,β-unsaturated/α-hetero) is 1. The van der Waals surface area contributed by atoms with Crippen molar-refractivity contribution in [3.8, 4) is 5.75 Å². The molecule has 39 heavy (non-hydrogen) atoms. The van der Waals surface area contributed by atoms with Gasteiger partial charge in [-0.1, -0.05) is 44.0 Å². The van der Waals surface area contributed by atoms with Gasteiger partial charge in [0, 0.05) is 25.1 Å². The van der Waals surface area contributed by atoms with Crippen LogP contribution in [0.3, 0.4) is 0 Å². The number of aliphatic hydroxyl groups is 1. The third-order valence-corrected chi connectivity index (χ3v) is 7.11. The van der Waals surface area contributed by atoms with Crippen molar-refractivity contribution in [1.29, 1.82) is 0 Å². The molecule has 1 amide bonds. The molecule has 0 bridgehead atoms. The van der Waals surface area contributed by atoms with Crippen molar-refractivity contribution in [3.05, 3.63) is 101 Å². The van der Waals surface area contributed by atoms with Crippen LogP contribution in [0, 0.1) is 13.8 Å². The summed E-state index contributed by atoms with van der Waals surface area (Å²) in [6.07, 6.45) is 8.28. The fourth-order valence-corrected chi connectivity index (χ4v) is 5.07. The second kappa shape index (κ2) is 11.1. The lowest BCUT2D eigenvalue weighted by Gasteiger charge is -2.25. The van der Waals surface area contributed by atoms with E-state index in [2.05, 4.69) is 16.9 Å². The number of amides is 1. The SMILES string of the molecule is CCCCCOc1cccc(C2/C(=C(\O)c3nc4c(C)cccn4c3C)C(=O)C(=O)N2Cc2cccnc2)c1. The Bertz CT molecular complexity index is 1560. The molecule has 1 fully saturated rings. The quantitative estimate of drug-likeness (QED) is 0.134. The molecule has 8 heteroatoms. The molecule has 5 rings (SSSR count). The number of aryl methyl sites for hydroxylation is 2. The number of hydrogen-bond acceptors (Lipinski definition) is 6. The molecule has 0 saturated carbocycles. The van der Waals surface area contributed by atoms with E-state index in [1.54, 1.807) is 18.5 Å². The molecular formula is C31H32N4O4. The van der Waals surface area contributed by atoms with Crippen LogP contribution in [0.4, 0.5) is 0 Å². The lowest BCUT2D eigenvalue weighted by molar-refractivity contribution is -0.140. The van der Waals surface area contributed by atoms with Crippen LogP contribution in [-0.4, -0.2) is 42.7 Å². The number of fused-ring (bicyclic) bond motifs is 1. The van der Waals surface area contributed by atoms with E-state index in [1.165, 1.54) is 4.90 Å². The molecule has 1 aliphatic heterocycles. The highest BCUT2D eigenvalue weighted by Gasteiger charge is 2.46. The van der Waals surface area contributed by atoms with Gasteiger partial charge in [-0.05, 0) is 61.2 Å². The average molecular weight is 525 g/mol. The van der Waals surface area contributed by atoms with Gasteiger partial charge in [-0.25, -0.2) is 4.98 Å². The van der Waals surface area contributed by atoms with Gasteiger partial charge in [-0.15, -0.1) is 0 Å². The maximum absolute atomic E-state index is 13.5. The van der Waals surface area contributed by atoms with Gasteiger partial charge in [0.15, 0.2) is 5.76 Å². The molecule has 0 spiro atoms. The number of imidazole rings is 1. The van der Waals surface area contributed by atoms with Crippen LogP contribution in [0.25, 0.3) is 11.4 Å². The minimum Gasteiger partial charge on any atom is -0.505 e. The summed E-state index contributed by atoms with van der Waals surface area (Å²) in [6, 6.07) is 14.0. The van der Waals surface area contributed by atoms with Gasteiger partial charge in [-0.3, -0.25) is 14.6 Å². The van der Waals surface area contributed by atoms with Crippen molar-refractivity contribution in [2.75, 3.05) is 6.61 Å². The van der Waals surface area contributed by atoms with E-state index < -0.39 is 17.7 Å². The predicted octanol–water partition coefficient (Wildman–Crippen LogP) is 5.54. The smallest absolute Gasteiger partial charge is 0.295 e. The van der Waals surface area contributed by atoms with E-state index in [1.807, 2.05) is 66.9 Å². The Morgan fingerprint density at radius 3 is 2.67 bits per heavy atom. The molecule has 8 nitrogen and oxygen atoms in total. The van der Waals surface area contributed by atoms with Crippen LogP contribution < -0.4 is 4.74 Å². The third kappa shape index (κ3) is 5.02. The fraction of sp³-hybridized carbons (Fsp3) is 0.290. The molecule has 1 saturated heterocycles. The highest BCUT2D eigenvalue weighted by molar-refractivity contribution is 6.46. The molecule has 1 atom stereocenters. The standard InChI is InChI=1S/C31H32N4O4/c1-4-5-6-16-39-24-13-7-12-23(17-24)27-25(29(37)31(38)35(27)19-22-11-8-14-32-18-22)28(36)26-21(3)34-15-9-10-20(2)30(34)33-26/h7-15,17-18,27,36H,4-6,16,19H2,1-3H3/b28-25+. The van der Waals surface area contributed by atoms with Crippen LogP contribution in [-0.2, 0) is 16.1 Å². The van der Waals surface area contributed by atoms with E-state index in [0.29, 0.717) is 29.3 Å². The monoisotopic (exact) mass is 524 g/mol. The van der Waals surface area contributed by atoms with Crippen molar-refractivity contribution in [2.45, 2.75) is 52.6 Å². The zero-order valence-electron chi connectivity index (χ0n) is 22.4. The summed E-state index contributed by atoms with van der Waals surface area (Å²) in [7, 11) is 0. The van der Waals surface area contributed by atoms with Crippen molar-refractivity contribution in [2.24, 2.45) is 0 Å². The molecule has 1 aliphatic rings. The number of benzene rings is 1. The summed E-state index contributed by atoms with van der Waals surface area (Å²) in [5.74, 6) is -1.07. The van der Waals surface area contributed by atoms with Gasteiger partial charge in [0.1, 0.15) is 17.1 Å². The molecule has 1 unspecified atom stereocenters. The van der Waals surface area contributed by atoms with E-state index in [9.17, 15) is 14.7 Å². The van der Waals surface area contributed by atoms with E-state index in [-0.39, 0.29) is 23.6 Å². The number of ketones is 1. The zero-order chi connectivity index (χ0) is 27.5. The molecular weight excluding hydrogens is 492 g/mol. The second-order valence-corrected chi connectivity index (χ2v) is 9.85. The van der Waals surface area contributed by atoms with Gasteiger partial charge in [-0.2, -0.15) is 0 Å². The number of ether oxygens (including phenoxy) is 1. The number of carbonyl (C=O) groups excluding carboxylic acids is 2. The molecule has 3 aromatic heterocycles. The van der Waals surface area contributed by atoms with Crippen LogP contribution in [0.2, 0.25) is 0 Å². The average Bonchev–Trinajstić information content (AvgIpc) is 3.42. The van der Waals surface area contributed by atoms with Gasteiger partial charge in [0.05, 0.1) is 23.9 Å². The second-order valence-electron chi connectivity index (χ2n) is 9.85. The summed E-state index contributed by atoms with van der Waals surface area (Å²) < 4.78 is 7.85. The third-order valence-electron chi connectivity index (χ3n) is 7.11. The number of aliphatic hydroxyl groups excluding tert-OH is 1. The van der Waals surface area contributed by atoms with Crippen molar-refractivity contribution >= 4 is 23.1 Å². The molecule has 4 heterocycles. The summed E-state index contributed by atoms with van der Waals surface area (Å²) in [5.41, 5.74) is 4.02. The number of aromatic nitrogens is 3. The zero-order valence-corrected chi connectivity index (χ0v) is 22.4. The summed E-state index contributed by atoms with van der Waals surface area (Å²) in [5, 5.41) is 11.6. The first-order valence-corrected chi connectivity index (χ1v) is 13.3. The van der Waals surface area contributed by atoms with Crippen molar-refractivity contribution < 1.29 is 19.4 Å². The number of rotatable bonds is 9. The first-order valence-electron chi connectivity index (χ1n) is 13.3. The number of pyridine rings is 2. The number of unbranched alkanes of at least 4 members (excludes halogenated alkanes) is 2.